The van der Waals surface area contributed by atoms with Crippen molar-refractivity contribution in [1.29, 1.82) is 0 Å². The minimum absolute atomic E-state index is 0.170. The maximum atomic E-state index is 12.7. The minimum Gasteiger partial charge on any atom is -0.362 e. The Labute approximate surface area is 105 Å². The van der Waals surface area contributed by atoms with Gasteiger partial charge < -0.3 is 10.0 Å². The average molecular weight is 302 g/mol. The molecule has 2 aliphatic rings. The third-order valence-electron chi connectivity index (χ3n) is 2.61. The summed E-state index contributed by atoms with van der Waals surface area (Å²) in [5.74, 6) is 0. The smallest absolute Gasteiger partial charge is 0.362 e. The highest BCUT2D eigenvalue weighted by atomic mass is 32.2. The fourth-order valence-corrected chi connectivity index (χ4v) is 3.68. The molecule has 0 aromatic heterocycles. The molecule has 0 amide bonds. The van der Waals surface area contributed by atoms with Crippen molar-refractivity contribution in [2.24, 2.45) is 4.99 Å². The standard InChI is InChI=1S/C8H9F3N2O3S2/c1-18(15,16)5-4-7(14,8(9,10)11)12-6-13(5)2-3-17-6/h2-3,5,14H,4H2,1H3/t5-,7+/m0/s1. The maximum Gasteiger partial charge on any atom is 0.438 e. The van der Waals surface area contributed by atoms with Crippen LogP contribution in [0.25, 0.3) is 0 Å². The SMILES string of the molecule is CS(=O)(=O)[C@H]1C[C@@](O)(C(F)(F)F)N=C2SC=CN21. The van der Waals surface area contributed by atoms with Crippen LogP contribution >= 0.6 is 11.8 Å². The van der Waals surface area contributed by atoms with Crippen LogP contribution in [0.1, 0.15) is 6.42 Å². The molecule has 2 atom stereocenters. The molecule has 0 aromatic rings. The van der Waals surface area contributed by atoms with Crippen LogP contribution < -0.4 is 0 Å². The zero-order valence-electron chi connectivity index (χ0n) is 9.05. The van der Waals surface area contributed by atoms with E-state index in [9.17, 15) is 26.7 Å². The van der Waals surface area contributed by atoms with Crippen molar-refractivity contribution in [3.8, 4) is 0 Å². The van der Waals surface area contributed by atoms with Crippen LogP contribution in [0.4, 0.5) is 13.2 Å². The summed E-state index contributed by atoms with van der Waals surface area (Å²) in [7, 11) is -3.79. The zero-order valence-corrected chi connectivity index (χ0v) is 10.7. The largest absolute Gasteiger partial charge is 0.438 e. The lowest BCUT2D eigenvalue weighted by Gasteiger charge is -2.38. The number of halogens is 3. The summed E-state index contributed by atoms with van der Waals surface area (Å²) in [5, 5.41) is 9.32. The third kappa shape index (κ3) is 2.12. The van der Waals surface area contributed by atoms with Gasteiger partial charge in [0.15, 0.2) is 15.0 Å². The molecule has 102 valence electrons. The highest BCUT2D eigenvalue weighted by Gasteiger charge is 2.59. The van der Waals surface area contributed by atoms with E-state index in [0.29, 0.717) is 0 Å². The number of alkyl halides is 3. The lowest BCUT2D eigenvalue weighted by Crippen LogP contribution is -2.55. The van der Waals surface area contributed by atoms with Crippen LogP contribution in [-0.4, -0.2) is 47.1 Å². The molecular formula is C8H9F3N2O3S2. The normalized spacial score (nSPS) is 32.4. The fraction of sp³-hybridized carbons (Fsp3) is 0.625. The average Bonchev–Trinajstić information content (AvgIpc) is 2.60. The molecule has 0 radical (unpaired) electrons. The number of hydrogen-bond donors (Lipinski definition) is 1. The van der Waals surface area contributed by atoms with Crippen molar-refractivity contribution in [2.45, 2.75) is 23.7 Å². The van der Waals surface area contributed by atoms with Gasteiger partial charge in [0.1, 0.15) is 5.37 Å². The number of sulfone groups is 1. The van der Waals surface area contributed by atoms with E-state index in [4.69, 9.17) is 0 Å². The highest BCUT2D eigenvalue weighted by Crippen LogP contribution is 2.43. The van der Waals surface area contributed by atoms with Gasteiger partial charge in [0.25, 0.3) is 5.72 Å². The number of fused-ring (bicyclic) bond motifs is 1. The summed E-state index contributed by atoms with van der Waals surface area (Å²) in [6.45, 7) is 0. The molecule has 0 unspecified atom stereocenters. The first kappa shape index (κ1) is 13.7. The van der Waals surface area contributed by atoms with Crippen molar-refractivity contribution >= 4 is 26.8 Å². The highest BCUT2D eigenvalue weighted by molar-refractivity contribution is 8.16. The van der Waals surface area contributed by atoms with Gasteiger partial charge in [0, 0.05) is 18.9 Å². The molecule has 2 rings (SSSR count). The molecule has 18 heavy (non-hydrogen) atoms. The van der Waals surface area contributed by atoms with E-state index in [1.54, 1.807) is 0 Å². The second-order valence-corrected chi connectivity index (χ2v) is 7.08. The van der Waals surface area contributed by atoms with Crippen molar-refractivity contribution < 1.29 is 26.7 Å². The first-order valence-electron chi connectivity index (χ1n) is 4.74. The minimum atomic E-state index is -5.02. The molecule has 1 N–H and O–H groups in total. The predicted octanol–water partition coefficient (Wildman–Crippen LogP) is 0.888. The quantitative estimate of drug-likeness (QED) is 0.779. The zero-order chi connectivity index (χ0) is 13.8. The molecule has 10 heteroatoms. The van der Waals surface area contributed by atoms with E-state index in [-0.39, 0.29) is 5.17 Å². The molecule has 0 fully saturated rings. The first-order valence-corrected chi connectivity index (χ1v) is 7.57. The van der Waals surface area contributed by atoms with Crippen LogP contribution in [0.3, 0.4) is 0 Å². The summed E-state index contributed by atoms with van der Waals surface area (Å²) in [4.78, 5) is 4.35. The van der Waals surface area contributed by atoms with Gasteiger partial charge in [0.2, 0.25) is 0 Å². The van der Waals surface area contributed by atoms with E-state index in [2.05, 4.69) is 4.99 Å². The van der Waals surface area contributed by atoms with E-state index < -0.39 is 33.5 Å². The number of aliphatic imine (C=N–C) groups is 1. The van der Waals surface area contributed by atoms with Gasteiger partial charge in [0.05, 0.1) is 0 Å². The van der Waals surface area contributed by atoms with Crippen molar-refractivity contribution in [1.82, 2.24) is 4.90 Å². The Kier molecular flexibility index (Phi) is 2.95. The van der Waals surface area contributed by atoms with Crippen molar-refractivity contribution in [3.63, 3.8) is 0 Å². The van der Waals surface area contributed by atoms with E-state index in [0.717, 1.165) is 22.9 Å². The summed E-state index contributed by atoms with van der Waals surface area (Å²) < 4.78 is 61.3. The number of nitrogens with zero attached hydrogens (tertiary/aromatic N) is 2. The van der Waals surface area contributed by atoms with Gasteiger partial charge >= 0.3 is 6.18 Å². The molecular weight excluding hydrogens is 293 g/mol. The molecule has 5 nitrogen and oxygen atoms in total. The Bertz CT molecular complexity index is 528. The van der Waals surface area contributed by atoms with Gasteiger partial charge in [-0.05, 0) is 5.41 Å². The molecule has 0 saturated heterocycles. The van der Waals surface area contributed by atoms with Crippen LogP contribution in [0.2, 0.25) is 0 Å². The van der Waals surface area contributed by atoms with Crippen LogP contribution in [0.15, 0.2) is 16.6 Å². The van der Waals surface area contributed by atoms with Gasteiger partial charge in [-0.25, -0.2) is 13.4 Å². The summed E-state index contributed by atoms with van der Waals surface area (Å²) in [5.41, 5.74) is -3.36. The molecule has 0 spiro atoms. The van der Waals surface area contributed by atoms with Gasteiger partial charge in [-0.15, -0.1) is 0 Å². The van der Waals surface area contributed by atoms with Gasteiger partial charge in [-0.3, -0.25) is 0 Å². The molecule has 0 aliphatic carbocycles. The molecule has 0 saturated carbocycles. The van der Waals surface area contributed by atoms with Crippen molar-refractivity contribution in [2.75, 3.05) is 6.26 Å². The lowest BCUT2D eigenvalue weighted by molar-refractivity contribution is -0.262. The summed E-state index contributed by atoms with van der Waals surface area (Å²) >= 11 is 0.835. The van der Waals surface area contributed by atoms with Crippen molar-refractivity contribution in [3.05, 3.63) is 11.6 Å². The second kappa shape index (κ2) is 3.87. The Morgan fingerprint density at radius 2 is 2.22 bits per heavy atom. The topological polar surface area (TPSA) is 70.0 Å². The Morgan fingerprint density at radius 1 is 1.61 bits per heavy atom. The molecule has 2 aliphatic heterocycles. The van der Waals surface area contributed by atoms with Crippen LogP contribution in [0.5, 0.6) is 0 Å². The number of thioether (sulfide) groups is 1. The molecule has 2 heterocycles. The molecule has 0 bridgehead atoms. The van der Waals surface area contributed by atoms with E-state index in [1.807, 2.05) is 0 Å². The third-order valence-corrected chi connectivity index (χ3v) is 4.77. The number of aliphatic hydroxyl groups is 1. The van der Waals surface area contributed by atoms with E-state index in [1.165, 1.54) is 11.6 Å². The Balaban J connectivity index is 2.50. The fourth-order valence-electron chi connectivity index (χ4n) is 1.67. The van der Waals surface area contributed by atoms with Gasteiger partial charge in [-0.1, -0.05) is 11.8 Å². The van der Waals surface area contributed by atoms with E-state index >= 15 is 0 Å². The number of amidine groups is 1. The molecule has 0 aromatic carbocycles. The lowest BCUT2D eigenvalue weighted by atomic mass is 10.1. The predicted molar refractivity (Wildman–Crippen MR) is 60.3 cm³/mol. The monoisotopic (exact) mass is 302 g/mol. The number of hydrogen-bond acceptors (Lipinski definition) is 6. The second-order valence-electron chi connectivity index (χ2n) is 4.01. The summed E-state index contributed by atoms with van der Waals surface area (Å²) in [6.07, 6.45) is -3.89. The van der Waals surface area contributed by atoms with Gasteiger partial charge in [-0.2, -0.15) is 13.2 Å². The van der Waals surface area contributed by atoms with Crippen LogP contribution in [0, 0.1) is 0 Å². The summed E-state index contributed by atoms with van der Waals surface area (Å²) in [6, 6.07) is 0. The maximum absolute atomic E-state index is 12.7. The van der Waals surface area contributed by atoms with Crippen LogP contribution in [-0.2, 0) is 9.84 Å². The first-order chi connectivity index (χ1) is 8.05. The Morgan fingerprint density at radius 3 is 2.72 bits per heavy atom. The Hall–Kier alpha value is -0.740. The number of rotatable bonds is 1.